The molecule has 0 N–H and O–H groups in total. The molecule has 0 aliphatic carbocycles. The Kier molecular flexibility index (Phi) is 4.50. The average Bonchev–Trinajstić information content (AvgIpc) is 2.54. The molecule has 1 aliphatic heterocycles. The van der Waals surface area contributed by atoms with Gasteiger partial charge in [-0.1, -0.05) is 32.9 Å². The van der Waals surface area contributed by atoms with E-state index >= 15 is 0 Å². The normalized spacial score (nSPS) is 16.8. The van der Waals surface area contributed by atoms with Gasteiger partial charge in [-0.05, 0) is 12.1 Å². The van der Waals surface area contributed by atoms with Crippen molar-refractivity contribution in [2.45, 2.75) is 32.7 Å². The van der Waals surface area contributed by atoms with E-state index in [1.807, 2.05) is 28.8 Å². The van der Waals surface area contributed by atoms with E-state index in [4.69, 9.17) is 9.72 Å². The minimum atomic E-state index is -0.172. The summed E-state index contributed by atoms with van der Waals surface area (Å²) in [6.45, 7) is 11.3. The van der Waals surface area contributed by atoms with Gasteiger partial charge in [0, 0.05) is 31.6 Å². The van der Waals surface area contributed by atoms with Crippen molar-refractivity contribution >= 4 is 10.9 Å². The molecule has 1 fully saturated rings. The van der Waals surface area contributed by atoms with Crippen LogP contribution >= 0.6 is 0 Å². The highest BCUT2D eigenvalue weighted by atomic mass is 16.5. The van der Waals surface area contributed by atoms with Crippen LogP contribution in [0.4, 0.5) is 0 Å². The van der Waals surface area contributed by atoms with Crippen molar-refractivity contribution in [2.24, 2.45) is 0 Å². The van der Waals surface area contributed by atoms with E-state index in [9.17, 15) is 4.79 Å². The Bertz CT molecular complexity index is 740. The first-order valence-electron chi connectivity index (χ1n) is 8.27. The Hall–Kier alpha value is -1.72. The molecule has 3 rings (SSSR count). The first-order valence-corrected chi connectivity index (χ1v) is 8.27. The minimum absolute atomic E-state index is 0.0637. The van der Waals surface area contributed by atoms with Crippen molar-refractivity contribution in [3.63, 3.8) is 0 Å². The molecule has 5 heteroatoms. The number of ether oxygens (including phenoxy) is 1. The van der Waals surface area contributed by atoms with Gasteiger partial charge in [0.05, 0.1) is 24.1 Å². The maximum absolute atomic E-state index is 12.9. The lowest BCUT2D eigenvalue weighted by molar-refractivity contribution is 0.0360. The van der Waals surface area contributed by atoms with Gasteiger partial charge in [-0.25, -0.2) is 4.98 Å². The summed E-state index contributed by atoms with van der Waals surface area (Å²) in [7, 11) is 0. The molecule has 0 saturated carbocycles. The zero-order valence-corrected chi connectivity index (χ0v) is 14.2. The molecule has 0 amide bonds. The Labute approximate surface area is 136 Å². The third-order valence-electron chi connectivity index (χ3n) is 4.28. The molecular weight excluding hydrogens is 290 g/mol. The van der Waals surface area contributed by atoms with Crippen LogP contribution in [0, 0.1) is 0 Å². The van der Waals surface area contributed by atoms with Crippen LogP contribution in [0.3, 0.4) is 0 Å². The summed E-state index contributed by atoms with van der Waals surface area (Å²) in [5.74, 6) is 0.856. The summed E-state index contributed by atoms with van der Waals surface area (Å²) in [4.78, 5) is 20.1. The van der Waals surface area contributed by atoms with E-state index in [0.717, 1.165) is 44.2 Å². The standard InChI is InChI=1S/C18H25N3O2/c1-18(2,3)17-19-15-7-5-4-6-14(15)16(22)21(17)9-8-20-10-12-23-13-11-20/h4-7H,8-13H2,1-3H3. The number of para-hydroxylation sites is 1. The van der Waals surface area contributed by atoms with Crippen LogP contribution in [0.25, 0.3) is 10.9 Å². The number of hydrogen-bond acceptors (Lipinski definition) is 4. The van der Waals surface area contributed by atoms with Crippen molar-refractivity contribution in [3.8, 4) is 0 Å². The topological polar surface area (TPSA) is 47.4 Å². The summed E-state index contributed by atoms with van der Waals surface area (Å²) in [6, 6.07) is 7.61. The maximum Gasteiger partial charge on any atom is 0.261 e. The summed E-state index contributed by atoms with van der Waals surface area (Å²) in [5, 5.41) is 0.697. The molecule has 2 heterocycles. The van der Waals surface area contributed by atoms with Gasteiger partial charge < -0.3 is 4.74 Å². The van der Waals surface area contributed by atoms with E-state index in [-0.39, 0.29) is 11.0 Å². The van der Waals surface area contributed by atoms with Gasteiger partial charge in [0.2, 0.25) is 0 Å². The number of fused-ring (bicyclic) bond motifs is 1. The molecule has 0 spiro atoms. The van der Waals surface area contributed by atoms with Crippen LogP contribution in [-0.2, 0) is 16.7 Å². The predicted octanol–water partition coefficient (Wildman–Crippen LogP) is 2.03. The van der Waals surface area contributed by atoms with E-state index in [1.54, 1.807) is 0 Å². The van der Waals surface area contributed by atoms with Gasteiger partial charge in [0.25, 0.3) is 5.56 Å². The Balaban J connectivity index is 1.99. The highest BCUT2D eigenvalue weighted by molar-refractivity contribution is 5.77. The number of hydrogen-bond donors (Lipinski definition) is 0. The summed E-state index contributed by atoms with van der Waals surface area (Å²) in [6.07, 6.45) is 0. The van der Waals surface area contributed by atoms with Crippen LogP contribution in [0.2, 0.25) is 0 Å². The van der Waals surface area contributed by atoms with Gasteiger partial charge in [0.1, 0.15) is 5.82 Å². The fourth-order valence-electron chi connectivity index (χ4n) is 3.01. The van der Waals surface area contributed by atoms with E-state index in [1.165, 1.54) is 0 Å². The smallest absolute Gasteiger partial charge is 0.261 e. The van der Waals surface area contributed by atoms with Gasteiger partial charge >= 0.3 is 0 Å². The van der Waals surface area contributed by atoms with Crippen molar-refractivity contribution in [1.82, 2.24) is 14.5 Å². The van der Waals surface area contributed by atoms with Crippen molar-refractivity contribution < 1.29 is 4.74 Å². The van der Waals surface area contributed by atoms with Crippen LogP contribution in [0.1, 0.15) is 26.6 Å². The van der Waals surface area contributed by atoms with Gasteiger partial charge in [-0.3, -0.25) is 14.3 Å². The van der Waals surface area contributed by atoms with Gasteiger partial charge in [0.15, 0.2) is 0 Å². The largest absolute Gasteiger partial charge is 0.379 e. The van der Waals surface area contributed by atoms with Crippen LogP contribution in [-0.4, -0.2) is 47.3 Å². The third-order valence-corrected chi connectivity index (χ3v) is 4.28. The lowest BCUT2D eigenvalue weighted by atomic mass is 9.95. The lowest BCUT2D eigenvalue weighted by Crippen LogP contribution is -2.41. The van der Waals surface area contributed by atoms with Gasteiger partial charge in [-0.15, -0.1) is 0 Å². The second-order valence-corrected chi connectivity index (χ2v) is 7.11. The monoisotopic (exact) mass is 315 g/mol. The van der Waals surface area contributed by atoms with E-state index < -0.39 is 0 Å². The van der Waals surface area contributed by atoms with Crippen LogP contribution in [0.5, 0.6) is 0 Å². The van der Waals surface area contributed by atoms with Crippen molar-refractivity contribution in [3.05, 3.63) is 40.4 Å². The highest BCUT2D eigenvalue weighted by Crippen LogP contribution is 2.21. The average molecular weight is 315 g/mol. The molecule has 0 bridgehead atoms. The molecule has 5 nitrogen and oxygen atoms in total. The second kappa shape index (κ2) is 6.42. The summed E-state index contributed by atoms with van der Waals surface area (Å²) >= 11 is 0. The lowest BCUT2D eigenvalue weighted by Gasteiger charge is -2.28. The van der Waals surface area contributed by atoms with Crippen LogP contribution in [0.15, 0.2) is 29.1 Å². The van der Waals surface area contributed by atoms with E-state index in [0.29, 0.717) is 11.9 Å². The minimum Gasteiger partial charge on any atom is -0.379 e. The van der Waals surface area contributed by atoms with Crippen molar-refractivity contribution in [2.75, 3.05) is 32.8 Å². The Morgan fingerprint density at radius 3 is 2.52 bits per heavy atom. The maximum atomic E-state index is 12.9. The summed E-state index contributed by atoms with van der Waals surface area (Å²) < 4.78 is 7.25. The molecule has 1 aromatic heterocycles. The van der Waals surface area contributed by atoms with Gasteiger partial charge in [-0.2, -0.15) is 0 Å². The SMILES string of the molecule is CC(C)(C)c1nc2ccccc2c(=O)n1CCN1CCOCC1. The van der Waals surface area contributed by atoms with Crippen LogP contribution < -0.4 is 5.56 Å². The van der Waals surface area contributed by atoms with E-state index in [2.05, 4.69) is 25.7 Å². The molecule has 1 aliphatic rings. The molecule has 0 atom stereocenters. The molecular formula is C18H25N3O2. The number of nitrogens with zero attached hydrogens (tertiary/aromatic N) is 3. The molecule has 1 saturated heterocycles. The Morgan fingerprint density at radius 1 is 1.13 bits per heavy atom. The molecule has 0 radical (unpaired) electrons. The van der Waals surface area contributed by atoms with Crippen molar-refractivity contribution in [1.29, 1.82) is 0 Å². The predicted molar refractivity (Wildman–Crippen MR) is 92.0 cm³/mol. The highest BCUT2D eigenvalue weighted by Gasteiger charge is 2.23. The first kappa shape index (κ1) is 16.1. The molecule has 1 aromatic carbocycles. The number of aromatic nitrogens is 2. The molecule has 0 unspecified atom stereocenters. The fourth-order valence-corrected chi connectivity index (χ4v) is 3.01. The second-order valence-electron chi connectivity index (χ2n) is 7.11. The zero-order chi connectivity index (χ0) is 16.4. The number of benzene rings is 1. The molecule has 23 heavy (non-hydrogen) atoms. The Morgan fingerprint density at radius 2 is 1.83 bits per heavy atom. The quantitative estimate of drug-likeness (QED) is 0.869. The molecule has 2 aromatic rings. The number of rotatable bonds is 3. The zero-order valence-electron chi connectivity index (χ0n) is 14.2. The first-order chi connectivity index (χ1) is 11.0. The third kappa shape index (κ3) is 3.46. The summed E-state index contributed by atoms with van der Waals surface area (Å²) in [5.41, 5.74) is 0.674. The molecule has 124 valence electrons. The number of morpholine rings is 1. The fraction of sp³-hybridized carbons (Fsp3) is 0.556.